The molecule has 1 saturated heterocycles. The number of carbonyl (C=O) groups excluding carboxylic acids is 3. The average molecular weight is 579 g/mol. The van der Waals surface area contributed by atoms with Gasteiger partial charge in [0, 0.05) is 55.3 Å². The average Bonchev–Trinajstić information content (AvgIpc) is 2.99. The van der Waals surface area contributed by atoms with Crippen molar-refractivity contribution in [2.75, 3.05) is 47.5 Å². The Bertz CT molecular complexity index is 1440. The Morgan fingerprint density at radius 1 is 0.780 bits per heavy atom. The van der Waals surface area contributed by atoms with Crippen molar-refractivity contribution in [3.05, 3.63) is 88.5 Å². The molecule has 0 saturated carbocycles. The number of halogens is 1. The van der Waals surface area contributed by atoms with Crippen LogP contribution in [0, 0.1) is 0 Å². The molecule has 1 fully saturated rings. The van der Waals surface area contributed by atoms with Crippen molar-refractivity contribution in [3.63, 3.8) is 0 Å². The van der Waals surface area contributed by atoms with Gasteiger partial charge in [-0.25, -0.2) is 0 Å². The number of methoxy groups -OCH3 is 3. The summed E-state index contributed by atoms with van der Waals surface area (Å²) in [5.41, 5.74) is 2.56. The van der Waals surface area contributed by atoms with Crippen LogP contribution in [-0.4, -0.2) is 75.1 Å². The van der Waals surface area contributed by atoms with Crippen molar-refractivity contribution >= 4 is 35.0 Å². The summed E-state index contributed by atoms with van der Waals surface area (Å²) in [7, 11) is 4.42. The summed E-state index contributed by atoms with van der Waals surface area (Å²) in [5.74, 6) is 0.230. The Kier molecular flexibility index (Phi) is 9.52. The second-order valence-electron chi connectivity index (χ2n) is 9.19. The fourth-order valence-electron chi connectivity index (χ4n) is 4.54. The van der Waals surface area contributed by atoms with Crippen LogP contribution < -0.4 is 18.9 Å². The van der Waals surface area contributed by atoms with E-state index in [0.29, 0.717) is 48.1 Å². The number of ether oxygens (including phenoxy) is 4. The number of amides is 2. The third-order valence-corrected chi connectivity index (χ3v) is 6.99. The standard InChI is InChI=1S/C31H31ClN2O7/c1-20(35)41-30-27(39-3)17-22(18-28(30)40-4)31(37)34-15-13-33(14-16-34)29(36)19-25(24-7-5-6-8-26(24)32)21-9-11-23(38-2)12-10-21/h5-12,17-19H,13-16H2,1-4H3/b25-19-. The maximum absolute atomic E-state index is 13.4. The zero-order valence-corrected chi connectivity index (χ0v) is 24.1. The Morgan fingerprint density at radius 3 is 1.90 bits per heavy atom. The van der Waals surface area contributed by atoms with Gasteiger partial charge in [-0.3, -0.25) is 14.4 Å². The number of benzene rings is 3. The Hall–Kier alpha value is -4.50. The van der Waals surface area contributed by atoms with E-state index in [1.807, 2.05) is 42.5 Å². The Balaban J connectivity index is 1.52. The molecule has 0 unspecified atom stereocenters. The largest absolute Gasteiger partial charge is 0.497 e. The topological polar surface area (TPSA) is 94.6 Å². The summed E-state index contributed by atoms with van der Waals surface area (Å²) in [5, 5.41) is 0.531. The van der Waals surface area contributed by atoms with E-state index >= 15 is 0 Å². The van der Waals surface area contributed by atoms with E-state index in [4.69, 9.17) is 30.5 Å². The van der Waals surface area contributed by atoms with Crippen LogP contribution in [0.25, 0.3) is 5.57 Å². The fourth-order valence-corrected chi connectivity index (χ4v) is 4.78. The quantitative estimate of drug-likeness (QED) is 0.217. The highest BCUT2D eigenvalue weighted by Gasteiger charge is 2.27. The summed E-state index contributed by atoms with van der Waals surface area (Å²) in [6, 6.07) is 17.8. The first-order valence-corrected chi connectivity index (χ1v) is 13.3. The van der Waals surface area contributed by atoms with Crippen LogP contribution in [0.2, 0.25) is 5.02 Å². The number of hydrogen-bond acceptors (Lipinski definition) is 7. The van der Waals surface area contributed by atoms with Gasteiger partial charge in [0.05, 0.1) is 21.3 Å². The van der Waals surface area contributed by atoms with Gasteiger partial charge in [-0.05, 0) is 41.5 Å². The number of esters is 1. The number of carbonyl (C=O) groups is 3. The third kappa shape index (κ3) is 6.81. The maximum atomic E-state index is 13.4. The molecular formula is C31H31ClN2O7. The minimum Gasteiger partial charge on any atom is -0.497 e. The molecule has 3 aromatic rings. The van der Waals surface area contributed by atoms with E-state index in [1.54, 1.807) is 29.1 Å². The monoisotopic (exact) mass is 578 g/mol. The highest BCUT2D eigenvalue weighted by atomic mass is 35.5. The van der Waals surface area contributed by atoms with E-state index in [2.05, 4.69) is 0 Å². The second-order valence-corrected chi connectivity index (χ2v) is 9.59. The fraction of sp³-hybridized carbons (Fsp3) is 0.258. The minimum atomic E-state index is -0.541. The van der Waals surface area contributed by atoms with Gasteiger partial charge in [0.25, 0.3) is 5.91 Å². The van der Waals surface area contributed by atoms with Crippen molar-refractivity contribution in [3.8, 4) is 23.0 Å². The van der Waals surface area contributed by atoms with Crippen molar-refractivity contribution in [1.82, 2.24) is 9.80 Å². The first kappa shape index (κ1) is 29.5. The van der Waals surface area contributed by atoms with Crippen LogP contribution in [0.15, 0.2) is 66.7 Å². The molecule has 10 heteroatoms. The molecule has 1 heterocycles. The third-order valence-electron chi connectivity index (χ3n) is 6.66. The van der Waals surface area contributed by atoms with Crippen LogP contribution in [0.1, 0.15) is 28.4 Å². The number of piperazine rings is 1. The van der Waals surface area contributed by atoms with E-state index in [9.17, 15) is 14.4 Å². The molecule has 2 amide bonds. The smallest absolute Gasteiger partial charge is 0.308 e. The van der Waals surface area contributed by atoms with Crippen LogP contribution in [0.5, 0.6) is 23.0 Å². The molecule has 41 heavy (non-hydrogen) atoms. The molecule has 0 bridgehead atoms. The molecule has 9 nitrogen and oxygen atoms in total. The Labute approximate surface area is 243 Å². The van der Waals surface area contributed by atoms with Crippen molar-refractivity contribution < 1.29 is 33.3 Å². The van der Waals surface area contributed by atoms with Gasteiger partial charge in [0.15, 0.2) is 11.5 Å². The predicted molar refractivity (Wildman–Crippen MR) is 155 cm³/mol. The van der Waals surface area contributed by atoms with Crippen molar-refractivity contribution in [1.29, 1.82) is 0 Å². The molecule has 0 aliphatic carbocycles. The van der Waals surface area contributed by atoms with Crippen LogP contribution in [0.4, 0.5) is 0 Å². The highest BCUT2D eigenvalue weighted by Crippen LogP contribution is 2.39. The zero-order valence-electron chi connectivity index (χ0n) is 23.3. The Morgan fingerprint density at radius 2 is 1.37 bits per heavy atom. The molecule has 0 N–H and O–H groups in total. The summed E-state index contributed by atoms with van der Waals surface area (Å²) in [6.07, 6.45) is 1.59. The lowest BCUT2D eigenvalue weighted by Gasteiger charge is -2.34. The van der Waals surface area contributed by atoms with Gasteiger partial charge in [-0.15, -0.1) is 0 Å². The lowest BCUT2D eigenvalue weighted by Crippen LogP contribution is -2.50. The van der Waals surface area contributed by atoms with Crippen LogP contribution in [0.3, 0.4) is 0 Å². The van der Waals surface area contributed by atoms with E-state index in [0.717, 1.165) is 11.1 Å². The summed E-state index contributed by atoms with van der Waals surface area (Å²) in [4.78, 5) is 41.7. The molecule has 1 aliphatic rings. The number of nitrogens with zero attached hydrogens (tertiary/aromatic N) is 2. The van der Waals surface area contributed by atoms with Gasteiger partial charge >= 0.3 is 5.97 Å². The van der Waals surface area contributed by atoms with Crippen molar-refractivity contribution in [2.24, 2.45) is 0 Å². The maximum Gasteiger partial charge on any atom is 0.308 e. The van der Waals surface area contributed by atoms with Crippen LogP contribution in [-0.2, 0) is 9.59 Å². The van der Waals surface area contributed by atoms with Gasteiger partial charge in [0.2, 0.25) is 11.7 Å². The summed E-state index contributed by atoms with van der Waals surface area (Å²) in [6.45, 7) is 2.62. The first-order chi connectivity index (χ1) is 19.7. The summed E-state index contributed by atoms with van der Waals surface area (Å²) < 4.78 is 21.2. The van der Waals surface area contributed by atoms with Crippen LogP contribution >= 0.6 is 11.6 Å². The SMILES string of the molecule is COc1ccc(/C(=C/C(=O)N2CCN(C(=O)c3cc(OC)c(OC(C)=O)c(OC)c3)CC2)c2ccccc2Cl)cc1. The van der Waals surface area contributed by atoms with Crippen molar-refractivity contribution in [2.45, 2.75) is 6.92 Å². The predicted octanol–water partition coefficient (Wildman–Crippen LogP) is 4.71. The summed E-state index contributed by atoms with van der Waals surface area (Å²) >= 11 is 6.51. The van der Waals surface area contributed by atoms with Gasteiger partial charge < -0.3 is 28.7 Å². The molecule has 0 spiro atoms. The number of hydrogen-bond donors (Lipinski definition) is 0. The van der Waals surface area contributed by atoms with E-state index in [-0.39, 0.29) is 29.1 Å². The minimum absolute atomic E-state index is 0.104. The normalized spacial score (nSPS) is 13.4. The van der Waals surface area contributed by atoms with Gasteiger partial charge in [-0.2, -0.15) is 0 Å². The molecular weight excluding hydrogens is 548 g/mol. The molecule has 214 valence electrons. The van der Waals surface area contributed by atoms with Gasteiger partial charge in [-0.1, -0.05) is 41.9 Å². The zero-order chi connectivity index (χ0) is 29.5. The molecule has 4 rings (SSSR count). The molecule has 3 aromatic carbocycles. The lowest BCUT2D eigenvalue weighted by molar-refractivity contribution is -0.132. The molecule has 1 aliphatic heterocycles. The first-order valence-electron chi connectivity index (χ1n) is 12.9. The molecule has 0 aromatic heterocycles. The molecule has 0 radical (unpaired) electrons. The van der Waals surface area contributed by atoms with E-state index < -0.39 is 5.97 Å². The van der Waals surface area contributed by atoms with E-state index in [1.165, 1.54) is 33.3 Å². The lowest BCUT2D eigenvalue weighted by atomic mass is 9.97. The molecule has 0 atom stereocenters. The highest BCUT2D eigenvalue weighted by molar-refractivity contribution is 6.32. The van der Waals surface area contributed by atoms with Gasteiger partial charge in [0.1, 0.15) is 5.75 Å². The number of rotatable bonds is 8. The second kappa shape index (κ2) is 13.2.